The van der Waals surface area contributed by atoms with Gasteiger partial charge in [0.2, 0.25) is 5.78 Å². The maximum atomic E-state index is 13.4. The third-order valence-electron chi connectivity index (χ3n) is 2.95. The van der Waals surface area contributed by atoms with Crippen LogP contribution in [-0.2, 0) is 16.0 Å². The minimum absolute atomic E-state index is 0.171. The number of hydrogen-bond acceptors (Lipinski definition) is 3. The van der Waals surface area contributed by atoms with E-state index in [0.717, 1.165) is 0 Å². The Labute approximate surface area is 105 Å². The molecule has 5 heteroatoms. The number of nitrogens with zero attached hydrogens (tertiary/aromatic N) is 1. The third kappa shape index (κ3) is 2.92. The Morgan fingerprint density at radius 2 is 1.89 bits per heavy atom. The van der Waals surface area contributed by atoms with Crippen molar-refractivity contribution in [3.05, 3.63) is 35.6 Å². The number of benzene rings is 1. The number of hydrogen-bond donors (Lipinski definition) is 1. The highest BCUT2D eigenvalue weighted by Gasteiger charge is 2.23. The number of carbonyl (C=O) groups is 2. The molecule has 0 bridgehead atoms. The van der Waals surface area contributed by atoms with Gasteiger partial charge in [0, 0.05) is 32.6 Å². The van der Waals surface area contributed by atoms with E-state index in [2.05, 4.69) is 5.32 Å². The van der Waals surface area contributed by atoms with Gasteiger partial charge in [-0.2, -0.15) is 0 Å². The summed E-state index contributed by atoms with van der Waals surface area (Å²) in [5, 5.41) is 3.10. The monoisotopic (exact) mass is 250 g/mol. The molecule has 1 aliphatic heterocycles. The molecule has 1 fully saturated rings. The molecule has 0 unspecified atom stereocenters. The number of amides is 1. The highest BCUT2D eigenvalue weighted by Crippen LogP contribution is 2.08. The average Bonchev–Trinajstić information content (AvgIpc) is 2.41. The van der Waals surface area contributed by atoms with Crippen molar-refractivity contribution in [2.24, 2.45) is 0 Å². The molecular weight excluding hydrogens is 235 g/mol. The second-order valence-electron chi connectivity index (χ2n) is 4.23. The largest absolute Gasteiger partial charge is 0.334 e. The Morgan fingerprint density at radius 3 is 2.56 bits per heavy atom. The molecule has 18 heavy (non-hydrogen) atoms. The zero-order valence-electron chi connectivity index (χ0n) is 9.99. The highest BCUT2D eigenvalue weighted by molar-refractivity contribution is 6.36. The molecule has 0 saturated carbocycles. The van der Waals surface area contributed by atoms with Gasteiger partial charge >= 0.3 is 0 Å². The summed E-state index contributed by atoms with van der Waals surface area (Å²) in [5.74, 6) is -1.51. The summed E-state index contributed by atoms with van der Waals surface area (Å²) >= 11 is 0. The number of halogens is 1. The molecule has 1 aliphatic rings. The second kappa shape index (κ2) is 5.73. The molecule has 4 nitrogen and oxygen atoms in total. The van der Waals surface area contributed by atoms with E-state index in [-0.39, 0.29) is 12.0 Å². The van der Waals surface area contributed by atoms with Crippen LogP contribution in [0, 0.1) is 5.82 Å². The first-order valence-corrected chi connectivity index (χ1v) is 5.94. The van der Waals surface area contributed by atoms with E-state index in [1.165, 1.54) is 17.0 Å². The first kappa shape index (κ1) is 12.7. The van der Waals surface area contributed by atoms with Crippen molar-refractivity contribution in [2.45, 2.75) is 6.42 Å². The van der Waals surface area contributed by atoms with Crippen LogP contribution in [0.4, 0.5) is 4.39 Å². The van der Waals surface area contributed by atoms with Crippen molar-refractivity contribution in [3.8, 4) is 0 Å². The molecule has 1 heterocycles. The normalized spacial score (nSPS) is 15.5. The molecule has 1 aromatic carbocycles. The Kier molecular flexibility index (Phi) is 4.04. The lowest BCUT2D eigenvalue weighted by molar-refractivity contribution is -0.144. The first-order valence-electron chi connectivity index (χ1n) is 5.94. The van der Waals surface area contributed by atoms with Crippen molar-refractivity contribution in [2.75, 3.05) is 26.2 Å². The number of nitrogens with one attached hydrogen (secondary N) is 1. The Hall–Kier alpha value is -1.75. The number of piperazine rings is 1. The van der Waals surface area contributed by atoms with Gasteiger partial charge in [0.05, 0.1) is 0 Å². The summed E-state index contributed by atoms with van der Waals surface area (Å²) in [6.45, 7) is 2.45. The van der Waals surface area contributed by atoms with E-state index in [1.54, 1.807) is 12.1 Å². The quantitative estimate of drug-likeness (QED) is 0.788. The Morgan fingerprint density at radius 1 is 1.22 bits per heavy atom. The van der Waals surface area contributed by atoms with Crippen molar-refractivity contribution in [1.82, 2.24) is 10.2 Å². The number of Topliss-reactive ketones (excluding diaryl/α,β-unsaturated/α-hetero) is 1. The summed E-state index contributed by atoms with van der Waals surface area (Å²) in [6.07, 6.45) is -0.171. The van der Waals surface area contributed by atoms with Gasteiger partial charge in [0.1, 0.15) is 5.82 Å². The molecule has 1 amide bonds. The standard InChI is InChI=1S/C13H15FN2O2/c14-11-4-2-1-3-10(11)9-12(17)13(18)16-7-5-15-6-8-16/h1-4,15H,5-9H2. The van der Waals surface area contributed by atoms with Gasteiger partial charge in [-0.3, -0.25) is 9.59 Å². The molecule has 0 atom stereocenters. The van der Waals surface area contributed by atoms with Crippen molar-refractivity contribution >= 4 is 11.7 Å². The van der Waals surface area contributed by atoms with Crippen LogP contribution in [0.25, 0.3) is 0 Å². The number of rotatable bonds is 3. The van der Waals surface area contributed by atoms with Crippen molar-refractivity contribution in [1.29, 1.82) is 0 Å². The molecule has 1 aromatic rings. The van der Waals surface area contributed by atoms with Crippen LogP contribution < -0.4 is 5.32 Å². The van der Waals surface area contributed by atoms with Crippen LogP contribution in [0.15, 0.2) is 24.3 Å². The smallest absolute Gasteiger partial charge is 0.290 e. The molecular formula is C13H15FN2O2. The lowest BCUT2D eigenvalue weighted by Gasteiger charge is -2.26. The van der Waals surface area contributed by atoms with Crippen LogP contribution in [0.2, 0.25) is 0 Å². The van der Waals surface area contributed by atoms with E-state index in [4.69, 9.17) is 0 Å². The summed E-state index contributed by atoms with van der Waals surface area (Å²) < 4.78 is 13.4. The summed E-state index contributed by atoms with van der Waals surface area (Å²) in [4.78, 5) is 25.1. The first-order chi connectivity index (χ1) is 8.68. The fourth-order valence-electron chi connectivity index (χ4n) is 1.93. The van der Waals surface area contributed by atoms with Crippen LogP contribution >= 0.6 is 0 Å². The summed E-state index contributed by atoms with van der Waals surface area (Å²) in [6, 6.07) is 6.03. The van der Waals surface area contributed by atoms with Crippen LogP contribution in [0.1, 0.15) is 5.56 Å². The zero-order valence-corrected chi connectivity index (χ0v) is 9.99. The van der Waals surface area contributed by atoms with Gasteiger partial charge in [-0.1, -0.05) is 18.2 Å². The Bertz CT molecular complexity index is 456. The molecule has 0 aromatic heterocycles. The van der Waals surface area contributed by atoms with Gasteiger partial charge in [0.15, 0.2) is 0 Å². The van der Waals surface area contributed by atoms with Gasteiger partial charge in [-0.25, -0.2) is 4.39 Å². The topological polar surface area (TPSA) is 49.4 Å². The van der Waals surface area contributed by atoms with Crippen molar-refractivity contribution < 1.29 is 14.0 Å². The van der Waals surface area contributed by atoms with Crippen LogP contribution in [0.3, 0.4) is 0 Å². The maximum absolute atomic E-state index is 13.4. The highest BCUT2D eigenvalue weighted by atomic mass is 19.1. The number of carbonyl (C=O) groups excluding carboxylic acids is 2. The summed E-state index contributed by atoms with van der Waals surface area (Å²) in [7, 11) is 0. The maximum Gasteiger partial charge on any atom is 0.290 e. The molecule has 1 saturated heterocycles. The molecule has 0 radical (unpaired) electrons. The molecule has 0 spiro atoms. The van der Waals surface area contributed by atoms with Gasteiger partial charge in [-0.15, -0.1) is 0 Å². The molecule has 96 valence electrons. The lowest BCUT2D eigenvalue weighted by atomic mass is 10.1. The van der Waals surface area contributed by atoms with Crippen LogP contribution in [-0.4, -0.2) is 42.8 Å². The van der Waals surface area contributed by atoms with Gasteiger partial charge in [-0.05, 0) is 11.6 Å². The SMILES string of the molecule is O=C(Cc1ccccc1F)C(=O)N1CCNCC1. The van der Waals surface area contributed by atoms with E-state index in [0.29, 0.717) is 26.2 Å². The molecule has 1 N–H and O–H groups in total. The minimum atomic E-state index is -0.554. The van der Waals surface area contributed by atoms with E-state index < -0.39 is 17.5 Å². The Balaban J connectivity index is 1.99. The number of ketones is 1. The predicted octanol–water partition coefficient (Wildman–Crippen LogP) is 0.369. The lowest BCUT2D eigenvalue weighted by Crippen LogP contribution is -2.49. The predicted molar refractivity (Wildman–Crippen MR) is 64.6 cm³/mol. The summed E-state index contributed by atoms with van der Waals surface area (Å²) in [5.41, 5.74) is 0.269. The van der Waals surface area contributed by atoms with E-state index in [1.807, 2.05) is 0 Å². The van der Waals surface area contributed by atoms with Crippen LogP contribution in [0.5, 0.6) is 0 Å². The van der Waals surface area contributed by atoms with E-state index in [9.17, 15) is 14.0 Å². The van der Waals surface area contributed by atoms with Crippen molar-refractivity contribution in [3.63, 3.8) is 0 Å². The van der Waals surface area contributed by atoms with Gasteiger partial charge in [0.25, 0.3) is 5.91 Å². The van der Waals surface area contributed by atoms with E-state index >= 15 is 0 Å². The fourth-order valence-corrected chi connectivity index (χ4v) is 1.93. The fraction of sp³-hybridized carbons (Fsp3) is 0.385. The average molecular weight is 250 g/mol. The van der Waals surface area contributed by atoms with Gasteiger partial charge < -0.3 is 10.2 Å². The zero-order chi connectivity index (χ0) is 13.0. The third-order valence-corrected chi connectivity index (χ3v) is 2.95. The molecule has 0 aliphatic carbocycles. The molecule has 2 rings (SSSR count). The minimum Gasteiger partial charge on any atom is -0.334 e. The second-order valence-corrected chi connectivity index (χ2v) is 4.23.